The second-order valence-corrected chi connectivity index (χ2v) is 6.33. The summed E-state index contributed by atoms with van der Waals surface area (Å²) < 4.78 is 75.2. The third-order valence-corrected chi connectivity index (χ3v) is 3.92. The maximum atomic E-state index is 12.9. The third kappa shape index (κ3) is 6.80. The van der Waals surface area contributed by atoms with Gasteiger partial charge in [-0.2, -0.15) is 26.3 Å². The Kier molecular flexibility index (Phi) is 7.14. The Morgan fingerprint density at radius 1 is 1.00 bits per heavy atom. The van der Waals surface area contributed by atoms with Crippen LogP contribution in [0.4, 0.5) is 32.0 Å². The van der Waals surface area contributed by atoms with Crippen molar-refractivity contribution in [3.63, 3.8) is 0 Å². The van der Waals surface area contributed by atoms with Gasteiger partial charge in [-0.15, -0.1) is 0 Å². The van der Waals surface area contributed by atoms with E-state index in [-0.39, 0.29) is 27.5 Å². The molecule has 0 atom stereocenters. The monoisotopic (exact) mass is 449 g/mol. The normalized spacial score (nSPS) is 13.3. The van der Waals surface area contributed by atoms with E-state index in [0.29, 0.717) is 6.08 Å². The number of rotatable bonds is 5. The number of carbonyl (C=O) groups excluding carboxylic acids is 1. The van der Waals surface area contributed by atoms with Crippen molar-refractivity contribution in [2.75, 3.05) is 6.54 Å². The summed E-state index contributed by atoms with van der Waals surface area (Å²) >= 11 is 5.99. The number of benzene rings is 2. The fourth-order valence-electron chi connectivity index (χ4n) is 2.16. The van der Waals surface area contributed by atoms with Crippen molar-refractivity contribution in [3.05, 3.63) is 76.5 Å². The Balaban J connectivity index is 2.40. The second-order valence-electron chi connectivity index (χ2n) is 5.92. The molecule has 0 saturated heterocycles. The van der Waals surface area contributed by atoms with Gasteiger partial charge in [0.15, 0.2) is 0 Å². The number of aliphatic imine (C=N–C) groups is 1. The van der Waals surface area contributed by atoms with Crippen LogP contribution in [-0.4, -0.2) is 30.5 Å². The van der Waals surface area contributed by atoms with Crippen molar-refractivity contribution in [1.82, 2.24) is 5.32 Å². The van der Waals surface area contributed by atoms with Crippen molar-refractivity contribution in [2.45, 2.75) is 12.4 Å². The van der Waals surface area contributed by atoms with Gasteiger partial charge in [0.05, 0.1) is 16.4 Å². The number of allylic oxidation sites excluding steroid dienone is 2. The van der Waals surface area contributed by atoms with E-state index < -0.39 is 30.5 Å². The van der Waals surface area contributed by atoms with Crippen LogP contribution in [0, 0.1) is 0 Å². The highest BCUT2D eigenvalue weighted by molar-refractivity contribution is 6.33. The molecule has 0 spiro atoms. The quantitative estimate of drug-likeness (QED) is 0.489. The van der Waals surface area contributed by atoms with E-state index in [9.17, 15) is 31.1 Å². The number of carbonyl (C=O) groups is 1. The van der Waals surface area contributed by atoms with Crippen LogP contribution < -0.4 is 11.1 Å². The van der Waals surface area contributed by atoms with Crippen LogP contribution in [-0.2, 0) is 0 Å². The first-order chi connectivity index (χ1) is 13.9. The van der Waals surface area contributed by atoms with Crippen LogP contribution >= 0.6 is 11.6 Å². The lowest BCUT2D eigenvalue weighted by Gasteiger charge is -2.10. The molecular formula is C19H14ClF6N3O. The minimum Gasteiger partial charge on any atom is -0.395 e. The van der Waals surface area contributed by atoms with Gasteiger partial charge in [0.2, 0.25) is 0 Å². The molecule has 4 nitrogen and oxygen atoms in total. The lowest BCUT2D eigenvalue weighted by atomic mass is 10.1. The van der Waals surface area contributed by atoms with E-state index in [1.807, 2.05) is 0 Å². The predicted molar refractivity (Wildman–Crippen MR) is 101 cm³/mol. The Morgan fingerprint density at radius 3 is 2.10 bits per heavy atom. The standard InChI is InChI=1S/C19H14ClF6N3O/c20-13-3-1-2-4-14(13)29-15(9-16(27)19(24,25)26)11-5-7-12(8-6-11)17(30)28-10-18(21,22)23/h1-9H,10,27H2,(H,28,30). The maximum absolute atomic E-state index is 12.9. The largest absolute Gasteiger partial charge is 0.430 e. The van der Waals surface area contributed by atoms with Gasteiger partial charge < -0.3 is 11.1 Å². The fourth-order valence-corrected chi connectivity index (χ4v) is 2.33. The third-order valence-electron chi connectivity index (χ3n) is 3.61. The van der Waals surface area contributed by atoms with E-state index in [1.165, 1.54) is 24.3 Å². The number of nitrogens with zero attached hydrogens (tertiary/aromatic N) is 1. The van der Waals surface area contributed by atoms with E-state index in [1.54, 1.807) is 17.4 Å². The van der Waals surface area contributed by atoms with Crippen molar-refractivity contribution in [2.24, 2.45) is 10.7 Å². The Bertz CT molecular complexity index is 965. The predicted octanol–water partition coefficient (Wildman–Crippen LogP) is 5.16. The van der Waals surface area contributed by atoms with Crippen LogP contribution in [0.1, 0.15) is 15.9 Å². The first-order valence-corrected chi connectivity index (χ1v) is 8.57. The molecule has 0 saturated carbocycles. The zero-order valence-corrected chi connectivity index (χ0v) is 15.7. The van der Waals surface area contributed by atoms with Gasteiger partial charge in [-0.05, 0) is 30.3 Å². The molecule has 0 aliphatic rings. The van der Waals surface area contributed by atoms with Crippen LogP contribution in [0.5, 0.6) is 0 Å². The molecular weight excluding hydrogens is 436 g/mol. The van der Waals surface area contributed by atoms with E-state index in [4.69, 9.17) is 17.3 Å². The first kappa shape index (κ1) is 23.3. The summed E-state index contributed by atoms with van der Waals surface area (Å²) in [4.78, 5) is 15.9. The van der Waals surface area contributed by atoms with Crippen molar-refractivity contribution >= 4 is 28.9 Å². The van der Waals surface area contributed by atoms with Gasteiger partial charge in [0, 0.05) is 11.1 Å². The molecule has 1 amide bonds. The average Bonchev–Trinajstić information content (AvgIpc) is 2.66. The SMILES string of the molecule is NC(=CC(=Nc1ccccc1Cl)c1ccc(C(=O)NCC(F)(F)F)cc1)C(F)(F)F. The molecule has 0 heterocycles. The highest BCUT2D eigenvalue weighted by Crippen LogP contribution is 2.27. The molecule has 0 bridgehead atoms. The number of hydrogen-bond acceptors (Lipinski definition) is 3. The molecule has 160 valence electrons. The topological polar surface area (TPSA) is 67.5 Å². The number of alkyl halides is 6. The zero-order valence-electron chi connectivity index (χ0n) is 15.0. The molecule has 0 aromatic heterocycles. The Morgan fingerprint density at radius 2 is 1.57 bits per heavy atom. The number of halogens is 7. The molecule has 11 heteroatoms. The molecule has 30 heavy (non-hydrogen) atoms. The van der Waals surface area contributed by atoms with Gasteiger partial charge in [-0.1, -0.05) is 35.9 Å². The number of nitrogens with two attached hydrogens (primary N) is 1. The molecule has 0 unspecified atom stereocenters. The van der Waals surface area contributed by atoms with Crippen LogP contribution in [0.25, 0.3) is 0 Å². The minimum atomic E-state index is -4.81. The van der Waals surface area contributed by atoms with Crippen molar-refractivity contribution in [1.29, 1.82) is 0 Å². The summed E-state index contributed by atoms with van der Waals surface area (Å²) in [5.74, 6) is -0.992. The first-order valence-electron chi connectivity index (χ1n) is 8.20. The second kappa shape index (κ2) is 9.21. The molecule has 2 aromatic rings. The number of para-hydroxylation sites is 1. The summed E-state index contributed by atoms with van der Waals surface area (Å²) in [6, 6.07) is 10.9. The van der Waals surface area contributed by atoms with Gasteiger partial charge >= 0.3 is 12.4 Å². The highest BCUT2D eigenvalue weighted by Gasteiger charge is 2.32. The van der Waals surface area contributed by atoms with E-state index in [0.717, 1.165) is 12.1 Å². The van der Waals surface area contributed by atoms with Gasteiger partial charge in [-0.3, -0.25) is 4.79 Å². The van der Waals surface area contributed by atoms with E-state index >= 15 is 0 Å². The Hall–Kier alpha value is -3.01. The number of amides is 1. The Labute approximate surface area is 172 Å². The highest BCUT2D eigenvalue weighted by atomic mass is 35.5. The maximum Gasteiger partial charge on any atom is 0.430 e. The lowest BCUT2D eigenvalue weighted by Crippen LogP contribution is -2.33. The summed E-state index contributed by atoms with van der Waals surface area (Å²) in [6.07, 6.45) is -8.79. The number of hydrogen-bond donors (Lipinski definition) is 2. The molecule has 0 radical (unpaired) electrons. The average molecular weight is 450 g/mol. The molecule has 3 N–H and O–H groups in total. The minimum absolute atomic E-state index is 0.118. The zero-order chi connectivity index (χ0) is 22.5. The van der Waals surface area contributed by atoms with Crippen LogP contribution in [0.15, 0.2) is 65.3 Å². The smallest absolute Gasteiger partial charge is 0.395 e. The molecule has 0 aliphatic carbocycles. The van der Waals surface area contributed by atoms with Gasteiger partial charge in [-0.25, -0.2) is 4.99 Å². The summed E-state index contributed by atoms with van der Waals surface area (Å²) in [5.41, 5.74) is 3.66. The fraction of sp³-hybridized carbons (Fsp3) is 0.158. The number of nitrogens with one attached hydrogen (secondary N) is 1. The van der Waals surface area contributed by atoms with Gasteiger partial charge in [0.25, 0.3) is 5.91 Å². The molecule has 0 fully saturated rings. The summed E-state index contributed by atoms with van der Waals surface area (Å²) in [5, 5.41) is 1.87. The molecule has 0 aliphatic heterocycles. The van der Waals surface area contributed by atoms with Crippen molar-refractivity contribution in [3.8, 4) is 0 Å². The lowest BCUT2D eigenvalue weighted by molar-refractivity contribution is -0.123. The summed E-state index contributed by atoms with van der Waals surface area (Å²) in [6.45, 7) is -1.52. The molecule has 2 rings (SSSR count). The van der Waals surface area contributed by atoms with E-state index in [2.05, 4.69) is 4.99 Å². The summed E-state index contributed by atoms with van der Waals surface area (Å²) in [7, 11) is 0. The van der Waals surface area contributed by atoms with Crippen LogP contribution in [0.2, 0.25) is 5.02 Å². The van der Waals surface area contributed by atoms with Crippen LogP contribution in [0.3, 0.4) is 0 Å². The van der Waals surface area contributed by atoms with Crippen molar-refractivity contribution < 1.29 is 31.1 Å². The molecule has 2 aromatic carbocycles. The van der Waals surface area contributed by atoms with Gasteiger partial charge in [0.1, 0.15) is 12.2 Å².